The van der Waals surface area contributed by atoms with Gasteiger partial charge in [-0.15, -0.1) is 0 Å². The van der Waals surface area contributed by atoms with E-state index in [1.165, 1.54) is 0 Å². The summed E-state index contributed by atoms with van der Waals surface area (Å²) in [5, 5.41) is 4.98. The second-order valence-corrected chi connectivity index (χ2v) is 4.26. The molecule has 1 aromatic carbocycles. The van der Waals surface area contributed by atoms with Crippen LogP contribution in [-0.2, 0) is 6.54 Å². The lowest BCUT2D eigenvalue weighted by molar-refractivity contribution is 0.543. The van der Waals surface area contributed by atoms with Crippen molar-refractivity contribution in [2.75, 3.05) is 0 Å². The van der Waals surface area contributed by atoms with Gasteiger partial charge in [0.05, 0.1) is 12.2 Å². The zero-order chi connectivity index (χ0) is 11.5. The van der Waals surface area contributed by atoms with E-state index in [0.29, 0.717) is 6.54 Å². The summed E-state index contributed by atoms with van der Waals surface area (Å²) in [6, 6.07) is 9.75. The van der Waals surface area contributed by atoms with E-state index in [-0.39, 0.29) is 6.04 Å². The Kier molecular flexibility index (Phi) is 3.27. The Bertz CT molecular complexity index is 477. The minimum Gasteiger partial charge on any atom is -0.326 e. The average molecular weight is 236 g/mol. The number of rotatable bonds is 3. The molecule has 0 saturated carbocycles. The van der Waals surface area contributed by atoms with Crippen LogP contribution in [0.5, 0.6) is 0 Å². The van der Waals surface area contributed by atoms with Gasteiger partial charge < -0.3 is 5.73 Å². The number of hydrogen-bond acceptors (Lipinski definition) is 2. The predicted octanol–water partition coefficient (Wildman–Crippen LogP) is 2.55. The third-order valence-electron chi connectivity index (χ3n) is 2.33. The molecule has 84 valence electrons. The summed E-state index contributed by atoms with van der Waals surface area (Å²) in [7, 11) is 0. The standard InChI is InChI=1S/C12H14ClN3/c1-9(14)8-16-12(6-7-15-16)10-4-2-3-5-11(10)13/h2-7,9H,8,14H2,1H3. The van der Waals surface area contributed by atoms with E-state index in [0.717, 1.165) is 16.3 Å². The quantitative estimate of drug-likeness (QED) is 0.889. The monoisotopic (exact) mass is 235 g/mol. The summed E-state index contributed by atoms with van der Waals surface area (Å²) in [6.07, 6.45) is 1.76. The number of nitrogens with two attached hydrogens (primary N) is 1. The number of hydrogen-bond donors (Lipinski definition) is 1. The second-order valence-electron chi connectivity index (χ2n) is 3.86. The Morgan fingerprint density at radius 2 is 2.12 bits per heavy atom. The third-order valence-corrected chi connectivity index (χ3v) is 2.66. The molecule has 0 fully saturated rings. The summed E-state index contributed by atoms with van der Waals surface area (Å²) < 4.78 is 1.88. The average Bonchev–Trinajstić information content (AvgIpc) is 2.66. The number of nitrogens with zero attached hydrogens (tertiary/aromatic N) is 2. The zero-order valence-electron chi connectivity index (χ0n) is 9.10. The van der Waals surface area contributed by atoms with Gasteiger partial charge in [-0.1, -0.05) is 29.8 Å². The fourth-order valence-corrected chi connectivity index (χ4v) is 1.88. The van der Waals surface area contributed by atoms with Crippen LogP contribution in [-0.4, -0.2) is 15.8 Å². The molecule has 1 atom stereocenters. The second kappa shape index (κ2) is 4.68. The van der Waals surface area contributed by atoms with Gasteiger partial charge in [-0.05, 0) is 19.1 Å². The molecule has 2 N–H and O–H groups in total. The predicted molar refractivity (Wildman–Crippen MR) is 66.3 cm³/mol. The van der Waals surface area contributed by atoms with Crippen LogP contribution in [0.15, 0.2) is 36.5 Å². The molecule has 0 radical (unpaired) electrons. The van der Waals surface area contributed by atoms with Gasteiger partial charge in [-0.3, -0.25) is 4.68 Å². The molecule has 0 aliphatic heterocycles. The fourth-order valence-electron chi connectivity index (χ4n) is 1.65. The van der Waals surface area contributed by atoms with E-state index in [9.17, 15) is 0 Å². The van der Waals surface area contributed by atoms with Gasteiger partial charge in [0.2, 0.25) is 0 Å². The van der Waals surface area contributed by atoms with Crippen LogP contribution in [0.4, 0.5) is 0 Å². The molecule has 2 rings (SSSR count). The highest BCUT2D eigenvalue weighted by Crippen LogP contribution is 2.27. The topological polar surface area (TPSA) is 43.8 Å². The van der Waals surface area contributed by atoms with E-state index in [2.05, 4.69) is 5.10 Å². The zero-order valence-corrected chi connectivity index (χ0v) is 9.85. The minimum absolute atomic E-state index is 0.0705. The summed E-state index contributed by atoms with van der Waals surface area (Å²) in [4.78, 5) is 0. The van der Waals surface area contributed by atoms with Crippen LogP contribution in [0.3, 0.4) is 0 Å². The Labute approximate surface area is 99.8 Å². The first kappa shape index (κ1) is 11.2. The van der Waals surface area contributed by atoms with Gasteiger partial charge in [0, 0.05) is 22.8 Å². The molecule has 0 spiro atoms. The van der Waals surface area contributed by atoms with E-state index < -0.39 is 0 Å². The summed E-state index contributed by atoms with van der Waals surface area (Å²) in [6.45, 7) is 2.64. The van der Waals surface area contributed by atoms with Gasteiger partial charge in [-0.2, -0.15) is 5.10 Å². The number of aromatic nitrogens is 2. The lowest BCUT2D eigenvalue weighted by atomic mass is 10.1. The van der Waals surface area contributed by atoms with Crippen molar-refractivity contribution in [1.29, 1.82) is 0 Å². The molecular weight excluding hydrogens is 222 g/mol. The molecule has 3 nitrogen and oxygen atoms in total. The van der Waals surface area contributed by atoms with Crippen molar-refractivity contribution in [3.63, 3.8) is 0 Å². The first-order chi connectivity index (χ1) is 7.68. The summed E-state index contributed by atoms with van der Waals surface area (Å²) >= 11 is 6.15. The van der Waals surface area contributed by atoms with Gasteiger partial charge in [0.25, 0.3) is 0 Å². The normalized spacial score (nSPS) is 12.7. The van der Waals surface area contributed by atoms with E-state index >= 15 is 0 Å². The van der Waals surface area contributed by atoms with Gasteiger partial charge in [0.1, 0.15) is 0 Å². The Balaban J connectivity index is 2.41. The molecule has 0 saturated heterocycles. The number of halogens is 1. The van der Waals surface area contributed by atoms with E-state index in [1.807, 2.05) is 41.9 Å². The summed E-state index contributed by atoms with van der Waals surface area (Å²) in [5.74, 6) is 0. The SMILES string of the molecule is CC(N)Cn1nccc1-c1ccccc1Cl. The largest absolute Gasteiger partial charge is 0.326 e. The summed E-state index contributed by atoms with van der Waals surface area (Å²) in [5.41, 5.74) is 7.77. The maximum atomic E-state index is 6.15. The smallest absolute Gasteiger partial charge is 0.0697 e. The van der Waals surface area contributed by atoms with Gasteiger partial charge in [0.15, 0.2) is 0 Å². The molecule has 1 heterocycles. The Morgan fingerprint density at radius 3 is 2.81 bits per heavy atom. The van der Waals surface area contributed by atoms with Crippen LogP contribution in [0.25, 0.3) is 11.3 Å². The molecule has 0 aliphatic rings. The number of benzene rings is 1. The molecule has 0 bridgehead atoms. The van der Waals surface area contributed by atoms with E-state index in [4.69, 9.17) is 17.3 Å². The Hall–Kier alpha value is -1.32. The van der Waals surface area contributed by atoms with Crippen molar-refractivity contribution in [3.8, 4) is 11.3 Å². The highest BCUT2D eigenvalue weighted by Gasteiger charge is 2.09. The van der Waals surface area contributed by atoms with Crippen LogP contribution in [0, 0.1) is 0 Å². The maximum Gasteiger partial charge on any atom is 0.0697 e. The van der Waals surface area contributed by atoms with Crippen LogP contribution < -0.4 is 5.73 Å². The van der Waals surface area contributed by atoms with Crippen LogP contribution in [0.1, 0.15) is 6.92 Å². The van der Waals surface area contributed by atoms with Crippen molar-refractivity contribution in [2.24, 2.45) is 5.73 Å². The molecule has 16 heavy (non-hydrogen) atoms. The minimum atomic E-state index is 0.0705. The van der Waals surface area contributed by atoms with Crippen molar-refractivity contribution in [3.05, 3.63) is 41.6 Å². The van der Waals surface area contributed by atoms with Crippen LogP contribution >= 0.6 is 11.6 Å². The molecule has 2 aromatic rings. The molecule has 4 heteroatoms. The third kappa shape index (κ3) is 2.26. The van der Waals surface area contributed by atoms with Crippen LogP contribution in [0.2, 0.25) is 5.02 Å². The van der Waals surface area contributed by atoms with Crippen molar-refractivity contribution < 1.29 is 0 Å². The first-order valence-corrected chi connectivity index (χ1v) is 5.58. The maximum absolute atomic E-state index is 6.15. The lowest BCUT2D eigenvalue weighted by Crippen LogP contribution is -2.23. The van der Waals surface area contributed by atoms with E-state index in [1.54, 1.807) is 6.20 Å². The van der Waals surface area contributed by atoms with Crippen molar-refractivity contribution in [1.82, 2.24) is 9.78 Å². The Morgan fingerprint density at radius 1 is 1.38 bits per heavy atom. The van der Waals surface area contributed by atoms with Gasteiger partial charge >= 0.3 is 0 Å². The lowest BCUT2D eigenvalue weighted by Gasteiger charge is -2.10. The molecule has 0 amide bonds. The fraction of sp³-hybridized carbons (Fsp3) is 0.250. The van der Waals surface area contributed by atoms with Crippen molar-refractivity contribution in [2.45, 2.75) is 19.5 Å². The molecular formula is C12H14ClN3. The highest BCUT2D eigenvalue weighted by molar-refractivity contribution is 6.33. The first-order valence-electron chi connectivity index (χ1n) is 5.21. The molecule has 1 aromatic heterocycles. The molecule has 0 aliphatic carbocycles. The van der Waals surface area contributed by atoms with Gasteiger partial charge in [-0.25, -0.2) is 0 Å². The molecule has 1 unspecified atom stereocenters. The highest BCUT2D eigenvalue weighted by atomic mass is 35.5. The van der Waals surface area contributed by atoms with Crippen molar-refractivity contribution >= 4 is 11.6 Å².